The third-order valence-corrected chi connectivity index (χ3v) is 15.8. The predicted octanol–water partition coefficient (Wildman–Crippen LogP) is 8.39. The van der Waals surface area contributed by atoms with Crippen LogP contribution < -0.4 is 14.6 Å². The second kappa shape index (κ2) is 16.6. The molecule has 3 fully saturated rings. The van der Waals surface area contributed by atoms with Crippen LogP contribution in [0.1, 0.15) is 89.5 Å². The number of halogens is 1. The number of allylic oxidation sites excluding steroid dienone is 4. The highest BCUT2D eigenvalue weighted by atomic mass is 32.2. The topological polar surface area (TPSA) is 147 Å². The maximum atomic E-state index is 14.7. The first-order valence-corrected chi connectivity index (χ1v) is 22.7. The fourth-order valence-corrected chi connectivity index (χ4v) is 13.1. The summed E-state index contributed by atoms with van der Waals surface area (Å²) in [6.07, 6.45) is 6.30. The Hall–Kier alpha value is -3.32. The first-order chi connectivity index (χ1) is 27.6. The van der Waals surface area contributed by atoms with Crippen molar-refractivity contribution >= 4 is 36.5 Å². The van der Waals surface area contributed by atoms with Gasteiger partial charge in [-0.3, -0.25) is 23.4 Å². The first kappa shape index (κ1) is 42.8. The molecular formula is C44H55FNO10PS. The van der Waals surface area contributed by atoms with Crippen LogP contribution >= 0.6 is 19.6 Å². The number of ketones is 1. The van der Waals surface area contributed by atoms with Gasteiger partial charge < -0.3 is 24.4 Å². The molecule has 0 bridgehead atoms. The highest BCUT2D eigenvalue weighted by molar-refractivity contribution is 8.13. The summed E-state index contributed by atoms with van der Waals surface area (Å²) in [5, 5.41) is 14.0. The summed E-state index contributed by atoms with van der Waals surface area (Å²) in [7, 11) is -2.68. The smallest absolute Gasteiger partial charge is 0.497 e. The average molecular weight is 840 g/mol. The van der Waals surface area contributed by atoms with Gasteiger partial charge in [0.25, 0.3) is 0 Å². The molecule has 0 saturated heterocycles. The van der Waals surface area contributed by atoms with Crippen LogP contribution in [-0.2, 0) is 45.8 Å². The van der Waals surface area contributed by atoms with Gasteiger partial charge in [-0.15, -0.1) is 0 Å². The minimum atomic E-state index is -4.31. The van der Waals surface area contributed by atoms with Crippen LogP contribution in [0.15, 0.2) is 66.3 Å². The third kappa shape index (κ3) is 7.64. The molecule has 11 atom stereocenters. The number of ether oxygens (including phenoxy) is 2. The highest BCUT2D eigenvalue weighted by Gasteiger charge is 2.73. The van der Waals surface area contributed by atoms with Gasteiger partial charge in [0.2, 0.25) is 5.12 Å². The molecule has 14 heteroatoms. The van der Waals surface area contributed by atoms with E-state index >= 15 is 0 Å². The fraction of sp³-hybridized carbons (Fsp3) is 0.568. The van der Waals surface area contributed by atoms with Crippen LogP contribution in [0.4, 0.5) is 4.39 Å². The van der Waals surface area contributed by atoms with Crippen LogP contribution in [0, 0.1) is 34.5 Å². The molecular weight excluding hydrogens is 785 g/mol. The zero-order valence-corrected chi connectivity index (χ0v) is 35.7. The lowest BCUT2D eigenvalue weighted by Gasteiger charge is -2.60. The average Bonchev–Trinajstić information content (AvgIpc) is 3.42. The van der Waals surface area contributed by atoms with Crippen molar-refractivity contribution in [3.8, 4) is 11.5 Å². The Labute approximate surface area is 344 Å². The molecule has 314 valence electrons. The summed E-state index contributed by atoms with van der Waals surface area (Å²) in [6.45, 7) is 9.80. The number of methoxy groups -OCH3 is 1. The van der Waals surface area contributed by atoms with Crippen molar-refractivity contribution in [2.24, 2.45) is 34.5 Å². The maximum Gasteiger partial charge on any atom is 0.530 e. The van der Waals surface area contributed by atoms with Gasteiger partial charge in [0.15, 0.2) is 11.4 Å². The van der Waals surface area contributed by atoms with E-state index in [0.717, 1.165) is 23.3 Å². The lowest BCUT2D eigenvalue weighted by Crippen LogP contribution is -2.63. The predicted molar refractivity (Wildman–Crippen MR) is 218 cm³/mol. The van der Waals surface area contributed by atoms with Crippen molar-refractivity contribution in [1.29, 1.82) is 0 Å². The van der Waals surface area contributed by atoms with Crippen molar-refractivity contribution in [2.75, 3.05) is 19.7 Å². The number of benzene rings is 2. The number of nitrogens with one attached hydrogen (secondary N) is 1. The van der Waals surface area contributed by atoms with E-state index in [0.29, 0.717) is 54.4 Å². The van der Waals surface area contributed by atoms with Crippen LogP contribution in [0.2, 0.25) is 0 Å². The van der Waals surface area contributed by atoms with E-state index in [9.17, 15) is 28.4 Å². The number of thioether (sulfide) groups is 1. The normalized spacial score (nSPS) is 34.7. The largest absolute Gasteiger partial charge is 0.530 e. The summed E-state index contributed by atoms with van der Waals surface area (Å²) in [5.74, 6) is -0.520. The molecule has 7 rings (SSSR count). The quantitative estimate of drug-likeness (QED) is 0.148. The second-order valence-electron chi connectivity index (χ2n) is 17.1. The molecule has 1 heterocycles. The lowest BCUT2D eigenvalue weighted by molar-refractivity contribution is -0.198. The SMILES string of the molecule is CCC(=O)O[C@]1(C(=O)SCF)[C@H](C)CC2C3CCC4=CC(=O)C=C[C@]4(C)C3[C@@H](OP3(=O)OCc4cc([C@@H](O)CNC(C)Cc5ccc(OC)cc5)ccc4O3)C[C@@]21C. The summed E-state index contributed by atoms with van der Waals surface area (Å²) < 4.78 is 58.8. The molecule has 2 N–H and O–H groups in total. The summed E-state index contributed by atoms with van der Waals surface area (Å²) in [4.78, 5) is 39.9. The molecule has 58 heavy (non-hydrogen) atoms. The monoisotopic (exact) mass is 839 g/mol. The third-order valence-electron chi connectivity index (χ3n) is 13.7. The van der Waals surface area contributed by atoms with E-state index in [1.807, 2.05) is 44.2 Å². The van der Waals surface area contributed by atoms with Gasteiger partial charge in [0.05, 0.1) is 25.9 Å². The number of alkyl halides is 1. The number of carbonyl (C=O) groups excluding carboxylic acids is 3. The van der Waals surface area contributed by atoms with Crippen molar-refractivity contribution in [1.82, 2.24) is 5.32 Å². The second-order valence-corrected chi connectivity index (χ2v) is 19.5. The van der Waals surface area contributed by atoms with Crippen LogP contribution in [0.5, 0.6) is 11.5 Å². The number of hydrogen-bond acceptors (Lipinski definition) is 12. The molecule has 3 saturated carbocycles. The Balaban J connectivity index is 1.14. The minimum Gasteiger partial charge on any atom is -0.497 e. The zero-order chi connectivity index (χ0) is 41.6. The molecule has 5 unspecified atom stereocenters. The Kier molecular flexibility index (Phi) is 12.3. The number of fused-ring (bicyclic) bond motifs is 6. The van der Waals surface area contributed by atoms with Gasteiger partial charge >= 0.3 is 13.8 Å². The van der Waals surface area contributed by atoms with E-state index in [4.69, 9.17) is 23.0 Å². The number of aliphatic hydroxyl groups is 1. The molecule has 0 radical (unpaired) electrons. The van der Waals surface area contributed by atoms with Crippen molar-refractivity contribution < 1.29 is 51.5 Å². The van der Waals surface area contributed by atoms with Gasteiger partial charge in [0.1, 0.15) is 17.5 Å². The maximum absolute atomic E-state index is 14.7. The van der Waals surface area contributed by atoms with Gasteiger partial charge in [-0.2, -0.15) is 0 Å². The number of phosphoric ester groups is 1. The molecule has 2 aromatic rings. The summed E-state index contributed by atoms with van der Waals surface area (Å²) >= 11 is 0.511. The van der Waals surface area contributed by atoms with Crippen molar-refractivity contribution in [3.05, 3.63) is 83.0 Å². The van der Waals surface area contributed by atoms with E-state index in [1.165, 1.54) is 0 Å². The number of carbonyl (C=O) groups is 3. The van der Waals surface area contributed by atoms with Crippen LogP contribution in [-0.4, -0.2) is 59.4 Å². The molecule has 1 aliphatic heterocycles. The Bertz CT molecular complexity index is 2030. The van der Waals surface area contributed by atoms with Crippen LogP contribution in [0.3, 0.4) is 0 Å². The Morgan fingerprint density at radius 1 is 1.17 bits per heavy atom. The number of hydrogen-bond donors (Lipinski definition) is 2. The summed E-state index contributed by atoms with van der Waals surface area (Å²) in [5.41, 5.74) is 0.0153. The van der Waals surface area contributed by atoms with Gasteiger partial charge in [-0.1, -0.05) is 57.5 Å². The van der Waals surface area contributed by atoms with Gasteiger partial charge in [0, 0.05) is 47.2 Å². The first-order valence-electron chi connectivity index (χ1n) is 20.3. The number of rotatable bonds is 13. The lowest BCUT2D eigenvalue weighted by atomic mass is 9.46. The molecule has 0 aromatic heterocycles. The van der Waals surface area contributed by atoms with E-state index in [2.05, 4.69) is 19.2 Å². The number of esters is 1. The Morgan fingerprint density at radius 2 is 1.93 bits per heavy atom. The molecule has 5 aliphatic rings. The summed E-state index contributed by atoms with van der Waals surface area (Å²) in [6, 6.07) is 12.2. The van der Waals surface area contributed by atoms with Crippen LogP contribution in [0.25, 0.3) is 0 Å². The number of aliphatic hydroxyl groups excluding tert-OH is 1. The molecule has 11 nitrogen and oxygen atoms in total. The highest BCUT2D eigenvalue weighted by Crippen LogP contribution is 2.72. The standard InChI is InChI=1S/C44H55FNO10PS/c1-7-39(49)54-44(41(50)58-25-45)26(2)18-35-34-14-11-31-21-32(47)16-17-42(31,4)40(34)38(22-43(35,44)5)56-57(51)53-24-30-20-29(10-15-37(30)55-57)36(48)23-46-27(3)19-28-8-12-33(52-6)13-9-28/h8-10,12-13,15-17,20-21,26-27,34-36,38,40,46,48H,7,11,14,18-19,22-25H2,1-6H3/t26-,27?,34?,35?,36+,38+,40?,42+,43+,44+,57?/m1/s1. The van der Waals surface area contributed by atoms with E-state index in [1.54, 1.807) is 44.4 Å². The van der Waals surface area contributed by atoms with E-state index in [-0.39, 0.29) is 49.0 Å². The minimum absolute atomic E-state index is 0.0368. The van der Waals surface area contributed by atoms with Crippen molar-refractivity contribution in [3.63, 3.8) is 0 Å². The van der Waals surface area contributed by atoms with Gasteiger partial charge in [-0.05, 0) is 110 Å². The van der Waals surface area contributed by atoms with Crippen molar-refractivity contribution in [2.45, 2.75) is 104 Å². The fourth-order valence-electron chi connectivity index (χ4n) is 10.9. The molecule has 4 aliphatic carbocycles. The molecule has 2 aromatic carbocycles. The van der Waals surface area contributed by atoms with Gasteiger partial charge in [-0.25, -0.2) is 8.96 Å². The molecule has 0 spiro atoms. The Morgan fingerprint density at radius 3 is 2.64 bits per heavy atom. The van der Waals surface area contributed by atoms with E-state index < -0.39 is 59.5 Å². The zero-order valence-electron chi connectivity index (χ0n) is 34.0. The number of phosphoric acid groups is 1. The molecule has 0 amide bonds.